The number of carbonyl (C=O) groups is 1. The van der Waals surface area contributed by atoms with Gasteiger partial charge in [0.1, 0.15) is 11.8 Å². The standard InChI is InChI=1S/C20H17F3N4O2/c1-27-11-14(29-19(27)28)10-24-18-16-5-3-2-4-15(16)17(25-26-18)12-6-8-13(9-7-12)20(21,22)23/h2-9,14H,10-11H2,1H3,(H,24,26)/t14-/m0/s1. The van der Waals surface area contributed by atoms with E-state index >= 15 is 0 Å². The van der Waals surface area contributed by atoms with Crippen molar-refractivity contribution in [3.8, 4) is 11.3 Å². The third-order valence-electron chi connectivity index (χ3n) is 4.73. The first-order valence-electron chi connectivity index (χ1n) is 8.91. The minimum Gasteiger partial charge on any atom is -0.442 e. The van der Waals surface area contributed by atoms with Crippen LogP contribution in [0.4, 0.5) is 23.8 Å². The van der Waals surface area contributed by atoms with Gasteiger partial charge in [-0.25, -0.2) is 4.79 Å². The van der Waals surface area contributed by atoms with Gasteiger partial charge >= 0.3 is 12.3 Å². The quantitative estimate of drug-likeness (QED) is 0.709. The maximum Gasteiger partial charge on any atom is 0.416 e. The fraction of sp³-hybridized carbons (Fsp3) is 0.250. The van der Waals surface area contributed by atoms with Crippen LogP contribution >= 0.6 is 0 Å². The van der Waals surface area contributed by atoms with Crippen molar-refractivity contribution in [3.63, 3.8) is 0 Å². The molecule has 1 aromatic heterocycles. The molecular weight excluding hydrogens is 385 g/mol. The molecule has 150 valence electrons. The lowest BCUT2D eigenvalue weighted by Crippen LogP contribution is -2.25. The van der Waals surface area contributed by atoms with Gasteiger partial charge in [-0.15, -0.1) is 10.2 Å². The summed E-state index contributed by atoms with van der Waals surface area (Å²) in [5, 5.41) is 13.1. The average Bonchev–Trinajstić information content (AvgIpc) is 3.03. The van der Waals surface area contributed by atoms with E-state index in [1.165, 1.54) is 17.0 Å². The van der Waals surface area contributed by atoms with Gasteiger partial charge < -0.3 is 15.0 Å². The van der Waals surface area contributed by atoms with Gasteiger partial charge in [0.2, 0.25) is 0 Å². The number of cyclic esters (lactones) is 1. The van der Waals surface area contributed by atoms with E-state index in [0.717, 1.165) is 22.9 Å². The van der Waals surface area contributed by atoms with Crippen LogP contribution in [0.25, 0.3) is 22.0 Å². The number of alkyl halides is 3. The fourth-order valence-corrected chi connectivity index (χ4v) is 3.23. The Morgan fingerprint density at radius 3 is 2.41 bits per heavy atom. The van der Waals surface area contributed by atoms with Crippen LogP contribution < -0.4 is 5.32 Å². The Morgan fingerprint density at radius 2 is 1.79 bits per heavy atom. The zero-order valence-electron chi connectivity index (χ0n) is 15.4. The molecule has 1 fully saturated rings. The first-order chi connectivity index (χ1) is 13.8. The number of benzene rings is 2. The minimum absolute atomic E-state index is 0.303. The number of hydrogen-bond donors (Lipinski definition) is 1. The van der Waals surface area contributed by atoms with E-state index in [4.69, 9.17) is 4.74 Å². The highest BCUT2D eigenvalue weighted by atomic mass is 19.4. The van der Waals surface area contributed by atoms with Crippen molar-refractivity contribution in [2.45, 2.75) is 12.3 Å². The molecule has 1 aliphatic rings. The van der Waals surface area contributed by atoms with Crippen molar-refractivity contribution in [3.05, 3.63) is 54.1 Å². The predicted octanol–water partition coefficient (Wildman–Crippen LogP) is 4.18. The number of halogens is 3. The highest BCUT2D eigenvalue weighted by molar-refractivity contribution is 6.00. The largest absolute Gasteiger partial charge is 0.442 e. The van der Waals surface area contributed by atoms with Gasteiger partial charge in [-0.3, -0.25) is 0 Å². The Hall–Kier alpha value is -3.36. The van der Waals surface area contributed by atoms with Gasteiger partial charge in [0.25, 0.3) is 0 Å². The number of anilines is 1. The van der Waals surface area contributed by atoms with E-state index in [0.29, 0.717) is 30.2 Å². The number of hydrogen-bond acceptors (Lipinski definition) is 5. The third-order valence-corrected chi connectivity index (χ3v) is 4.73. The smallest absolute Gasteiger partial charge is 0.416 e. The molecular formula is C20H17F3N4O2. The summed E-state index contributed by atoms with van der Waals surface area (Å²) in [6.07, 6.45) is -5.06. The Morgan fingerprint density at radius 1 is 1.10 bits per heavy atom. The molecule has 3 aromatic rings. The Labute approximate surface area is 164 Å². The second kappa shape index (κ2) is 7.23. The van der Waals surface area contributed by atoms with Crippen molar-refractivity contribution in [2.24, 2.45) is 0 Å². The summed E-state index contributed by atoms with van der Waals surface area (Å²) in [5.41, 5.74) is 0.319. The number of rotatable bonds is 4. The molecule has 0 spiro atoms. The molecule has 9 heteroatoms. The number of fused-ring (bicyclic) bond motifs is 1. The molecule has 1 amide bonds. The predicted molar refractivity (Wildman–Crippen MR) is 101 cm³/mol. The number of aromatic nitrogens is 2. The van der Waals surface area contributed by atoms with Crippen LogP contribution in [-0.2, 0) is 10.9 Å². The lowest BCUT2D eigenvalue weighted by molar-refractivity contribution is -0.137. The second-order valence-electron chi connectivity index (χ2n) is 6.79. The van der Waals surface area contributed by atoms with Crippen LogP contribution in [-0.4, -0.2) is 47.4 Å². The average molecular weight is 402 g/mol. The molecule has 1 N–H and O–H groups in total. The van der Waals surface area contributed by atoms with Gasteiger partial charge in [0.05, 0.1) is 18.7 Å². The van der Waals surface area contributed by atoms with Gasteiger partial charge in [-0.1, -0.05) is 36.4 Å². The Bertz CT molecular complexity index is 1050. The maximum atomic E-state index is 12.8. The number of ether oxygens (including phenoxy) is 1. The molecule has 2 heterocycles. The molecule has 0 unspecified atom stereocenters. The Balaban J connectivity index is 1.63. The zero-order chi connectivity index (χ0) is 20.6. The molecule has 6 nitrogen and oxygen atoms in total. The molecule has 29 heavy (non-hydrogen) atoms. The fourth-order valence-electron chi connectivity index (χ4n) is 3.23. The molecule has 0 aliphatic carbocycles. The van der Waals surface area contributed by atoms with E-state index < -0.39 is 11.7 Å². The SMILES string of the molecule is CN1C[C@H](CNc2nnc(-c3ccc(C(F)(F)F)cc3)c3ccccc23)OC1=O. The first-order valence-corrected chi connectivity index (χ1v) is 8.91. The summed E-state index contributed by atoms with van der Waals surface area (Å²) < 4.78 is 43.7. The lowest BCUT2D eigenvalue weighted by atomic mass is 10.0. The van der Waals surface area contributed by atoms with E-state index in [9.17, 15) is 18.0 Å². The van der Waals surface area contributed by atoms with Crippen LogP contribution in [0.1, 0.15) is 5.56 Å². The van der Waals surface area contributed by atoms with E-state index in [2.05, 4.69) is 15.5 Å². The van der Waals surface area contributed by atoms with Crippen molar-refractivity contribution in [1.82, 2.24) is 15.1 Å². The van der Waals surface area contributed by atoms with Crippen LogP contribution in [0, 0.1) is 0 Å². The zero-order valence-corrected chi connectivity index (χ0v) is 15.4. The van der Waals surface area contributed by atoms with Gasteiger partial charge in [0, 0.05) is 23.4 Å². The summed E-state index contributed by atoms with van der Waals surface area (Å²) >= 11 is 0. The summed E-state index contributed by atoms with van der Waals surface area (Å²) in [6, 6.07) is 12.2. The molecule has 0 radical (unpaired) electrons. The molecule has 2 aromatic carbocycles. The number of carbonyl (C=O) groups excluding carboxylic acids is 1. The van der Waals surface area contributed by atoms with Crippen molar-refractivity contribution in [2.75, 3.05) is 25.5 Å². The number of amides is 1. The molecule has 0 saturated carbocycles. The normalized spacial score (nSPS) is 16.9. The van der Waals surface area contributed by atoms with Crippen LogP contribution in [0.2, 0.25) is 0 Å². The van der Waals surface area contributed by atoms with E-state index in [1.54, 1.807) is 7.05 Å². The highest BCUT2D eigenvalue weighted by Gasteiger charge is 2.30. The second-order valence-corrected chi connectivity index (χ2v) is 6.79. The molecule has 4 rings (SSSR count). The molecule has 1 aliphatic heterocycles. The monoisotopic (exact) mass is 402 g/mol. The summed E-state index contributed by atoms with van der Waals surface area (Å²) in [6.45, 7) is 0.842. The van der Waals surface area contributed by atoms with Crippen molar-refractivity contribution in [1.29, 1.82) is 0 Å². The van der Waals surface area contributed by atoms with Crippen LogP contribution in [0.15, 0.2) is 48.5 Å². The first kappa shape index (κ1) is 19.0. The van der Waals surface area contributed by atoms with Crippen LogP contribution in [0.5, 0.6) is 0 Å². The number of nitrogens with zero attached hydrogens (tertiary/aromatic N) is 3. The maximum absolute atomic E-state index is 12.8. The number of nitrogens with one attached hydrogen (secondary N) is 1. The minimum atomic E-state index is -4.39. The molecule has 0 bridgehead atoms. The van der Waals surface area contributed by atoms with Gasteiger partial charge in [-0.05, 0) is 12.1 Å². The van der Waals surface area contributed by atoms with E-state index in [-0.39, 0.29) is 12.2 Å². The topological polar surface area (TPSA) is 67.3 Å². The van der Waals surface area contributed by atoms with E-state index in [1.807, 2.05) is 24.3 Å². The van der Waals surface area contributed by atoms with Gasteiger partial charge in [-0.2, -0.15) is 13.2 Å². The summed E-state index contributed by atoms with van der Waals surface area (Å²) in [7, 11) is 1.66. The lowest BCUT2D eigenvalue weighted by Gasteiger charge is -2.14. The van der Waals surface area contributed by atoms with Crippen molar-refractivity contribution < 1.29 is 22.7 Å². The number of likely N-dealkylation sites (N-methyl/N-ethyl adjacent to an activating group) is 1. The van der Waals surface area contributed by atoms with Gasteiger partial charge in [0.15, 0.2) is 5.82 Å². The van der Waals surface area contributed by atoms with Crippen LogP contribution in [0.3, 0.4) is 0 Å². The summed E-state index contributed by atoms with van der Waals surface area (Å²) in [5.74, 6) is 0.516. The third kappa shape index (κ3) is 3.80. The summed E-state index contributed by atoms with van der Waals surface area (Å²) in [4.78, 5) is 13.0. The Kier molecular flexibility index (Phi) is 4.73. The molecule has 1 saturated heterocycles. The van der Waals surface area contributed by atoms with Crippen molar-refractivity contribution >= 4 is 22.7 Å². The highest BCUT2D eigenvalue weighted by Crippen LogP contribution is 2.33. The molecule has 1 atom stereocenters.